The summed E-state index contributed by atoms with van der Waals surface area (Å²) in [5, 5.41) is 16.9. The van der Waals surface area contributed by atoms with Gasteiger partial charge in [-0.1, -0.05) is 26.8 Å². The second kappa shape index (κ2) is 8.52. The molecule has 0 unspecified atom stereocenters. The molecule has 3 rings (SSSR count). The maximum Gasteiger partial charge on any atom is 0.273 e. The summed E-state index contributed by atoms with van der Waals surface area (Å²) in [4.78, 5) is 34.7. The SMILES string of the molecule is CC(C)(C)c1ccc(C(=O)NCCOc2ccc3c(c2)CCC(=O)N3)cc1[N+](=O)[O-]. The van der Waals surface area contributed by atoms with E-state index in [4.69, 9.17) is 4.74 Å². The zero-order valence-electron chi connectivity index (χ0n) is 17.3. The Kier molecular flexibility index (Phi) is 6.05. The van der Waals surface area contributed by atoms with Gasteiger partial charge in [0.25, 0.3) is 11.6 Å². The Hall–Kier alpha value is -3.42. The van der Waals surface area contributed by atoms with E-state index in [2.05, 4.69) is 10.6 Å². The molecule has 2 amide bonds. The Labute approximate surface area is 174 Å². The van der Waals surface area contributed by atoms with Crippen LogP contribution in [0.4, 0.5) is 11.4 Å². The van der Waals surface area contributed by atoms with Gasteiger partial charge >= 0.3 is 0 Å². The minimum absolute atomic E-state index is 0.00894. The largest absolute Gasteiger partial charge is 0.492 e. The Morgan fingerprint density at radius 1 is 1.20 bits per heavy atom. The average molecular weight is 411 g/mol. The number of nitrogens with zero attached hydrogens (tertiary/aromatic N) is 1. The summed E-state index contributed by atoms with van der Waals surface area (Å²) in [5.41, 5.74) is 2.17. The highest BCUT2D eigenvalue weighted by molar-refractivity contribution is 5.95. The van der Waals surface area contributed by atoms with Gasteiger partial charge < -0.3 is 15.4 Å². The van der Waals surface area contributed by atoms with E-state index in [9.17, 15) is 19.7 Å². The molecule has 158 valence electrons. The quantitative estimate of drug-likeness (QED) is 0.429. The van der Waals surface area contributed by atoms with E-state index in [-0.39, 0.29) is 30.3 Å². The Morgan fingerprint density at radius 2 is 1.97 bits per heavy atom. The van der Waals surface area contributed by atoms with Gasteiger partial charge in [0.15, 0.2) is 0 Å². The van der Waals surface area contributed by atoms with Crippen molar-refractivity contribution in [3.63, 3.8) is 0 Å². The van der Waals surface area contributed by atoms with Gasteiger partial charge in [-0.3, -0.25) is 19.7 Å². The Morgan fingerprint density at radius 3 is 2.67 bits per heavy atom. The third-order valence-corrected chi connectivity index (χ3v) is 4.89. The van der Waals surface area contributed by atoms with E-state index < -0.39 is 16.2 Å². The van der Waals surface area contributed by atoms with Gasteiger partial charge in [-0.15, -0.1) is 0 Å². The molecule has 0 bridgehead atoms. The third-order valence-electron chi connectivity index (χ3n) is 4.89. The van der Waals surface area contributed by atoms with Crippen molar-refractivity contribution in [2.45, 2.75) is 39.0 Å². The number of nitro benzene ring substituents is 1. The number of anilines is 1. The third kappa shape index (κ3) is 4.94. The molecule has 1 aliphatic heterocycles. The number of amides is 2. The summed E-state index contributed by atoms with van der Waals surface area (Å²) >= 11 is 0. The summed E-state index contributed by atoms with van der Waals surface area (Å²) in [7, 11) is 0. The van der Waals surface area contributed by atoms with Gasteiger partial charge in [-0.05, 0) is 41.7 Å². The monoisotopic (exact) mass is 411 g/mol. The summed E-state index contributed by atoms with van der Waals surface area (Å²) in [6, 6.07) is 9.99. The number of benzene rings is 2. The smallest absolute Gasteiger partial charge is 0.273 e. The van der Waals surface area contributed by atoms with Gasteiger partial charge in [0, 0.05) is 29.3 Å². The Bertz CT molecular complexity index is 995. The number of aryl methyl sites for hydroxylation is 1. The molecule has 2 aromatic rings. The summed E-state index contributed by atoms with van der Waals surface area (Å²) < 4.78 is 5.68. The van der Waals surface area contributed by atoms with E-state index in [0.717, 1.165) is 11.3 Å². The standard InChI is InChI=1S/C22H25N3O5/c1-22(2,3)17-7-4-15(13-19(17)25(28)29)21(27)23-10-11-30-16-6-8-18-14(12-16)5-9-20(26)24-18/h4,6-8,12-13H,5,9-11H2,1-3H3,(H,23,27)(H,24,26). The predicted octanol–water partition coefficient (Wildman–Crippen LogP) is 3.59. The molecule has 8 heteroatoms. The van der Waals surface area contributed by atoms with Crippen molar-refractivity contribution >= 4 is 23.2 Å². The number of carbonyl (C=O) groups excluding carboxylic acids is 2. The fourth-order valence-electron chi connectivity index (χ4n) is 3.34. The van der Waals surface area contributed by atoms with Crippen LogP contribution in [-0.2, 0) is 16.6 Å². The van der Waals surface area contributed by atoms with Gasteiger partial charge in [0.1, 0.15) is 12.4 Å². The highest BCUT2D eigenvalue weighted by Gasteiger charge is 2.26. The van der Waals surface area contributed by atoms with Gasteiger partial charge in [-0.2, -0.15) is 0 Å². The molecular formula is C22H25N3O5. The maximum atomic E-state index is 12.4. The first-order chi connectivity index (χ1) is 14.1. The second-order valence-electron chi connectivity index (χ2n) is 8.21. The minimum atomic E-state index is -0.459. The van der Waals surface area contributed by atoms with Crippen LogP contribution in [0, 0.1) is 10.1 Å². The number of hydrogen-bond donors (Lipinski definition) is 2. The molecule has 2 aromatic carbocycles. The molecule has 1 heterocycles. The van der Waals surface area contributed by atoms with Gasteiger partial charge in [0.2, 0.25) is 5.91 Å². The van der Waals surface area contributed by atoms with Crippen molar-refractivity contribution in [2.24, 2.45) is 0 Å². The van der Waals surface area contributed by atoms with Crippen LogP contribution in [-0.4, -0.2) is 29.9 Å². The lowest BCUT2D eigenvalue weighted by molar-refractivity contribution is -0.386. The van der Waals surface area contributed by atoms with Crippen LogP contribution in [0.2, 0.25) is 0 Å². The van der Waals surface area contributed by atoms with Crippen molar-refractivity contribution in [1.82, 2.24) is 5.32 Å². The fourth-order valence-corrected chi connectivity index (χ4v) is 3.34. The molecule has 0 radical (unpaired) electrons. The molecule has 1 aliphatic rings. The number of rotatable bonds is 6. The molecule has 0 saturated heterocycles. The van der Waals surface area contributed by atoms with Crippen molar-refractivity contribution < 1.29 is 19.2 Å². The van der Waals surface area contributed by atoms with Crippen molar-refractivity contribution in [3.8, 4) is 5.75 Å². The lowest BCUT2D eigenvalue weighted by Crippen LogP contribution is -2.28. The first-order valence-corrected chi connectivity index (χ1v) is 9.78. The van der Waals surface area contributed by atoms with Crippen LogP contribution in [0.25, 0.3) is 0 Å². The van der Waals surface area contributed by atoms with Gasteiger partial charge in [-0.25, -0.2) is 0 Å². The molecule has 0 atom stereocenters. The zero-order chi connectivity index (χ0) is 21.9. The number of ether oxygens (including phenoxy) is 1. The van der Waals surface area contributed by atoms with Crippen molar-refractivity contribution in [1.29, 1.82) is 0 Å². The zero-order valence-corrected chi connectivity index (χ0v) is 17.3. The lowest BCUT2D eigenvalue weighted by atomic mass is 9.85. The molecule has 0 aliphatic carbocycles. The normalized spacial score (nSPS) is 13.2. The van der Waals surface area contributed by atoms with E-state index in [1.165, 1.54) is 6.07 Å². The molecule has 30 heavy (non-hydrogen) atoms. The van der Waals surface area contributed by atoms with Crippen LogP contribution in [0.3, 0.4) is 0 Å². The van der Waals surface area contributed by atoms with E-state index in [0.29, 0.717) is 24.2 Å². The van der Waals surface area contributed by atoms with Gasteiger partial charge in [0.05, 0.1) is 11.5 Å². The molecule has 0 saturated carbocycles. The van der Waals surface area contributed by atoms with Crippen molar-refractivity contribution in [3.05, 3.63) is 63.2 Å². The van der Waals surface area contributed by atoms with E-state index in [1.807, 2.05) is 26.8 Å². The fraction of sp³-hybridized carbons (Fsp3) is 0.364. The summed E-state index contributed by atoms with van der Waals surface area (Å²) in [6.45, 7) is 6.17. The first-order valence-electron chi connectivity index (χ1n) is 9.78. The number of carbonyl (C=O) groups is 2. The minimum Gasteiger partial charge on any atom is -0.492 e. The Balaban J connectivity index is 1.57. The molecular weight excluding hydrogens is 386 g/mol. The van der Waals surface area contributed by atoms with Crippen LogP contribution in [0.15, 0.2) is 36.4 Å². The molecule has 8 nitrogen and oxygen atoms in total. The summed E-state index contributed by atoms with van der Waals surface area (Å²) in [5.74, 6) is 0.272. The van der Waals surface area contributed by atoms with Crippen LogP contribution >= 0.6 is 0 Å². The van der Waals surface area contributed by atoms with E-state index >= 15 is 0 Å². The van der Waals surface area contributed by atoms with E-state index in [1.54, 1.807) is 24.3 Å². The van der Waals surface area contributed by atoms with Crippen LogP contribution < -0.4 is 15.4 Å². The van der Waals surface area contributed by atoms with Crippen LogP contribution in [0.1, 0.15) is 48.7 Å². The average Bonchev–Trinajstić information content (AvgIpc) is 2.69. The molecule has 0 spiro atoms. The van der Waals surface area contributed by atoms with Crippen molar-refractivity contribution in [2.75, 3.05) is 18.5 Å². The number of nitro groups is 1. The highest BCUT2D eigenvalue weighted by Crippen LogP contribution is 2.32. The van der Waals surface area contributed by atoms with Crippen LogP contribution in [0.5, 0.6) is 5.75 Å². The predicted molar refractivity (Wildman–Crippen MR) is 113 cm³/mol. The summed E-state index contributed by atoms with van der Waals surface area (Å²) in [6.07, 6.45) is 1.12. The number of nitrogens with one attached hydrogen (secondary N) is 2. The first kappa shape index (κ1) is 21.3. The molecule has 0 aromatic heterocycles. The lowest BCUT2D eigenvalue weighted by Gasteiger charge is -2.19. The highest BCUT2D eigenvalue weighted by atomic mass is 16.6. The maximum absolute atomic E-state index is 12.4. The number of hydrogen-bond acceptors (Lipinski definition) is 5. The number of fused-ring (bicyclic) bond motifs is 1. The topological polar surface area (TPSA) is 111 Å². The molecule has 2 N–H and O–H groups in total. The second-order valence-corrected chi connectivity index (χ2v) is 8.21. The molecule has 0 fully saturated rings.